The zero-order valence-electron chi connectivity index (χ0n) is 23.3. The normalized spacial score (nSPS) is 17.5. The number of pyridine rings is 1. The van der Waals surface area contributed by atoms with E-state index in [1.54, 1.807) is 7.11 Å². The molecule has 8 heteroatoms. The van der Waals surface area contributed by atoms with Gasteiger partial charge in [-0.2, -0.15) is 0 Å². The number of nitrogens with zero attached hydrogens (tertiary/aromatic N) is 2. The highest BCUT2D eigenvalue weighted by atomic mass is 16.6. The summed E-state index contributed by atoms with van der Waals surface area (Å²) < 4.78 is 11.7. The van der Waals surface area contributed by atoms with Gasteiger partial charge in [-0.05, 0) is 69.4 Å². The van der Waals surface area contributed by atoms with E-state index in [4.69, 9.17) is 20.2 Å². The predicted molar refractivity (Wildman–Crippen MR) is 153 cm³/mol. The van der Waals surface area contributed by atoms with Crippen molar-refractivity contribution >= 4 is 17.3 Å². The maximum Gasteiger partial charge on any atom is 0.354 e. The number of benzene rings is 2. The molecule has 2 aliphatic rings. The van der Waals surface area contributed by atoms with Gasteiger partial charge in [-0.15, -0.1) is 0 Å². The van der Waals surface area contributed by atoms with Crippen LogP contribution in [0, 0.1) is 0 Å². The highest BCUT2D eigenvalue weighted by Gasteiger charge is 2.49. The molecule has 0 radical (unpaired) electrons. The summed E-state index contributed by atoms with van der Waals surface area (Å²) in [6.45, 7) is 7.16. The first-order valence-electron chi connectivity index (χ1n) is 13.6. The van der Waals surface area contributed by atoms with Gasteiger partial charge < -0.3 is 25.8 Å². The molecule has 1 aliphatic heterocycles. The van der Waals surface area contributed by atoms with Crippen molar-refractivity contribution in [3.63, 3.8) is 0 Å². The maximum atomic E-state index is 13.9. The summed E-state index contributed by atoms with van der Waals surface area (Å²) in [4.78, 5) is 21.1. The Morgan fingerprint density at radius 2 is 1.74 bits per heavy atom. The summed E-state index contributed by atoms with van der Waals surface area (Å²) in [5.41, 5.74) is 10.2. The molecular weight excluding hydrogens is 490 g/mol. The molecule has 3 aromatic rings. The van der Waals surface area contributed by atoms with Crippen molar-refractivity contribution in [1.29, 1.82) is 0 Å². The number of esters is 1. The Labute approximate surface area is 230 Å². The standard InChI is InChI=1S/C31H39N5O3/c1-30(2,3)39-29(37)31(34-24-9-5-6-10-25(24)35-31)20-36(19-22-14-12-21(18-32)13-15-22)26-11-7-8-23-27(38-4)16-17-33-28(23)26/h5-6,9-10,12-17,26,34-35H,7-8,11,18-20,32H2,1-4H3. The van der Waals surface area contributed by atoms with Crippen molar-refractivity contribution in [1.82, 2.24) is 9.88 Å². The van der Waals surface area contributed by atoms with E-state index in [0.717, 1.165) is 58.8 Å². The Bertz CT molecular complexity index is 1290. The number of methoxy groups -OCH3 is 1. The number of fused-ring (bicyclic) bond motifs is 2. The van der Waals surface area contributed by atoms with Gasteiger partial charge in [0, 0.05) is 24.8 Å². The van der Waals surface area contributed by atoms with Crippen molar-refractivity contribution in [3.05, 3.63) is 83.2 Å². The van der Waals surface area contributed by atoms with Crippen LogP contribution in [0.3, 0.4) is 0 Å². The Kier molecular flexibility index (Phi) is 7.51. The molecule has 1 atom stereocenters. The fourth-order valence-electron chi connectivity index (χ4n) is 5.58. The van der Waals surface area contributed by atoms with Crippen LogP contribution in [-0.2, 0) is 29.0 Å². The molecule has 0 spiro atoms. The van der Waals surface area contributed by atoms with Crippen LogP contribution in [0.15, 0.2) is 60.8 Å². The largest absolute Gasteiger partial charge is 0.496 e. The first kappa shape index (κ1) is 27.0. The third-order valence-electron chi connectivity index (χ3n) is 7.38. The summed E-state index contributed by atoms with van der Waals surface area (Å²) in [7, 11) is 1.71. The number of hydrogen-bond donors (Lipinski definition) is 3. The van der Waals surface area contributed by atoms with E-state index >= 15 is 0 Å². The number of ether oxygens (including phenoxy) is 2. The topological polar surface area (TPSA) is 102 Å². The average molecular weight is 530 g/mol. The summed E-state index contributed by atoms with van der Waals surface area (Å²) in [5.74, 6) is 0.521. The second-order valence-electron chi connectivity index (χ2n) is 11.4. The van der Waals surface area contributed by atoms with Gasteiger partial charge in [0.15, 0.2) is 0 Å². The van der Waals surface area contributed by atoms with Crippen molar-refractivity contribution < 1.29 is 14.3 Å². The second kappa shape index (κ2) is 10.9. The lowest BCUT2D eigenvalue weighted by atomic mass is 9.89. The summed E-state index contributed by atoms with van der Waals surface area (Å²) in [5, 5.41) is 7.00. The first-order chi connectivity index (χ1) is 18.7. The van der Waals surface area contributed by atoms with Crippen LogP contribution in [0.1, 0.15) is 62.0 Å². The van der Waals surface area contributed by atoms with Gasteiger partial charge in [0.05, 0.1) is 36.8 Å². The number of carbonyl (C=O) groups is 1. The molecule has 4 N–H and O–H groups in total. The van der Waals surface area contributed by atoms with Gasteiger partial charge in [0.2, 0.25) is 5.66 Å². The number of aromatic nitrogens is 1. The molecule has 0 fully saturated rings. The average Bonchev–Trinajstić information content (AvgIpc) is 3.31. The van der Waals surface area contributed by atoms with E-state index in [1.807, 2.05) is 57.3 Å². The third kappa shape index (κ3) is 5.72. The monoisotopic (exact) mass is 529 g/mol. The summed E-state index contributed by atoms with van der Waals surface area (Å²) in [6, 6.07) is 18.2. The lowest BCUT2D eigenvalue weighted by Crippen LogP contribution is -2.59. The lowest BCUT2D eigenvalue weighted by molar-refractivity contribution is -0.160. The molecule has 206 valence electrons. The fourth-order valence-corrected chi connectivity index (χ4v) is 5.58. The van der Waals surface area contributed by atoms with E-state index in [9.17, 15) is 4.79 Å². The van der Waals surface area contributed by atoms with Gasteiger partial charge in [-0.1, -0.05) is 36.4 Å². The number of carbonyl (C=O) groups excluding carboxylic acids is 1. The van der Waals surface area contributed by atoms with E-state index in [-0.39, 0.29) is 12.0 Å². The Morgan fingerprint density at radius 3 is 2.36 bits per heavy atom. The van der Waals surface area contributed by atoms with Crippen LogP contribution in [0.2, 0.25) is 0 Å². The zero-order chi connectivity index (χ0) is 27.6. The van der Waals surface area contributed by atoms with Crippen molar-refractivity contribution in [2.24, 2.45) is 5.73 Å². The molecule has 0 saturated heterocycles. The Hall–Kier alpha value is -3.62. The first-order valence-corrected chi connectivity index (χ1v) is 13.6. The summed E-state index contributed by atoms with van der Waals surface area (Å²) in [6.07, 6.45) is 4.66. The number of anilines is 2. The third-order valence-corrected chi connectivity index (χ3v) is 7.38. The lowest BCUT2D eigenvalue weighted by Gasteiger charge is -2.41. The molecular formula is C31H39N5O3. The van der Waals surface area contributed by atoms with E-state index < -0.39 is 11.3 Å². The van der Waals surface area contributed by atoms with Gasteiger partial charge in [-0.25, -0.2) is 4.79 Å². The van der Waals surface area contributed by atoms with E-state index in [2.05, 4.69) is 39.8 Å². The molecule has 0 bridgehead atoms. The van der Waals surface area contributed by atoms with Gasteiger partial charge >= 0.3 is 5.97 Å². The minimum Gasteiger partial charge on any atom is -0.496 e. The number of rotatable bonds is 8. The van der Waals surface area contributed by atoms with Gasteiger partial charge in [0.1, 0.15) is 11.4 Å². The van der Waals surface area contributed by atoms with Gasteiger partial charge in [-0.3, -0.25) is 9.88 Å². The van der Waals surface area contributed by atoms with Gasteiger partial charge in [0.25, 0.3) is 0 Å². The smallest absolute Gasteiger partial charge is 0.354 e. The fraction of sp³-hybridized carbons (Fsp3) is 0.419. The zero-order valence-corrected chi connectivity index (χ0v) is 23.3. The minimum absolute atomic E-state index is 0.00958. The van der Waals surface area contributed by atoms with Crippen LogP contribution in [0.5, 0.6) is 5.75 Å². The number of para-hydroxylation sites is 2. The number of nitrogens with one attached hydrogen (secondary N) is 2. The number of nitrogens with two attached hydrogens (primary N) is 1. The number of hydrogen-bond acceptors (Lipinski definition) is 8. The highest BCUT2D eigenvalue weighted by molar-refractivity contribution is 5.94. The molecule has 39 heavy (non-hydrogen) atoms. The second-order valence-corrected chi connectivity index (χ2v) is 11.4. The predicted octanol–water partition coefficient (Wildman–Crippen LogP) is 5.00. The molecule has 1 aliphatic carbocycles. The molecule has 2 heterocycles. The van der Waals surface area contributed by atoms with Crippen LogP contribution < -0.4 is 21.1 Å². The van der Waals surface area contributed by atoms with Crippen LogP contribution >= 0.6 is 0 Å². The maximum absolute atomic E-state index is 13.9. The van der Waals surface area contributed by atoms with Crippen molar-refractivity contribution in [3.8, 4) is 5.75 Å². The summed E-state index contributed by atoms with van der Waals surface area (Å²) >= 11 is 0. The molecule has 0 saturated carbocycles. The molecule has 5 rings (SSSR count). The van der Waals surface area contributed by atoms with Crippen LogP contribution in [-0.4, -0.2) is 40.8 Å². The molecule has 1 unspecified atom stereocenters. The van der Waals surface area contributed by atoms with E-state index in [0.29, 0.717) is 19.6 Å². The SMILES string of the molecule is COc1ccnc2c1CCCC2N(Cc1ccc(CN)cc1)CC1(C(=O)OC(C)(C)C)Nc2ccccc2N1. The molecule has 1 aromatic heterocycles. The quantitative estimate of drug-likeness (QED) is 0.350. The molecule has 8 nitrogen and oxygen atoms in total. The van der Waals surface area contributed by atoms with Crippen LogP contribution in [0.25, 0.3) is 0 Å². The molecule has 2 aromatic carbocycles. The van der Waals surface area contributed by atoms with Crippen molar-refractivity contribution in [2.75, 3.05) is 24.3 Å². The minimum atomic E-state index is -1.18. The van der Waals surface area contributed by atoms with E-state index in [1.165, 1.54) is 0 Å². The van der Waals surface area contributed by atoms with Crippen LogP contribution in [0.4, 0.5) is 11.4 Å². The molecule has 0 amide bonds. The Morgan fingerprint density at radius 1 is 1.08 bits per heavy atom. The van der Waals surface area contributed by atoms with Crippen molar-refractivity contribution in [2.45, 2.75) is 70.4 Å². The highest BCUT2D eigenvalue weighted by Crippen LogP contribution is 2.41. The Balaban J connectivity index is 1.56.